The van der Waals surface area contributed by atoms with Crippen LogP contribution in [0, 0.1) is 31.6 Å². The molecular formula is C22H11Cl3N4O6. The van der Waals surface area contributed by atoms with Gasteiger partial charge in [-0.25, -0.2) is 0 Å². The Labute approximate surface area is 212 Å². The van der Waals surface area contributed by atoms with Crippen molar-refractivity contribution in [1.82, 2.24) is 0 Å². The number of carbonyl (C=O) groups excluding carboxylic acids is 1. The minimum absolute atomic E-state index is 0.0490. The Balaban J connectivity index is 2.04. The maximum atomic E-state index is 12.6. The molecule has 0 fully saturated rings. The Hall–Kier alpha value is -4.17. The van der Waals surface area contributed by atoms with Gasteiger partial charge >= 0.3 is 5.69 Å². The fraction of sp³-hybridized carbons (Fsp3) is 0. The molecule has 0 aliphatic rings. The number of nitriles is 1. The standard InChI is InChI=1S/C22H11Cl3N4O6/c23-14-2-1-3-16(8-14)27-22(30)13(11-26)6-12-7-15(24)9-18(25)21(12)35-20-5-4-17(28(31)32)10-19(20)29(33)34/h1-10H,(H,27,30)/b13-6+. The topological polar surface area (TPSA) is 148 Å². The Kier molecular flexibility index (Phi) is 7.88. The van der Waals surface area contributed by atoms with Crippen LogP contribution in [0.2, 0.25) is 15.1 Å². The molecule has 0 heterocycles. The molecule has 0 atom stereocenters. The second kappa shape index (κ2) is 10.8. The van der Waals surface area contributed by atoms with Gasteiger partial charge in [-0.15, -0.1) is 0 Å². The van der Waals surface area contributed by atoms with Crippen molar-refractivity contribution in [3.63, 3.8) is 0 Å². The lowest BCUT2D eigenvalue weighted by molar-refractivity contribution is -0.394. The van der Waals surface area contributed by atoms with Crippen molar-refractivity contribution in [1.29, 1.82) is 5.26 Å². The summed E-state index contributed by atoms with van der Waals surface area (Å²) < 4.78 is 5.62. The molecule has 0 aliphatic heterocycles. The molecule has 0 saturated heterocycles. The van der Waals surface area contributed by atoms with Gasteiger partial charge in [-0.2, -0.15) is 5.26 Å². The zero-order chi connectivity index (χ0) is 25.7. The fourth-order valence-electron chi connectivity index (χ4n) is 2.82. The smallest absolute Gasteiger partial charge is 0.318 e. The number of halogens is 3. The second-order valence-electron chi connectivity index (χ2n) is 6.71. The van der Waals surface area contributed by atoms with Crippen LogP contribution in [0.5, 0.6) is 11.5 Å². The highest BCUT2D eigenvalue weighted by Gasteiger charge is 2.23. The van der Waals surface area contributed by atoms with Crippen molar-refractivity contribution >= 4 is 63.8 Å². The molecule has 0 aromatic heterocycles. The molecule has 176 valence electrons. The highest BCUT2D eigenvalue weighted by atomic mass is 35.5. The number of nitrogens with zero attached hydrogens (tertiary/aromatic N) is 3. The number of hydrogen-bond acceptors (Lipinski definition) is 7. The number of anilines is 1. The van der Waals surface area contributed by atoms with Crippen LogP contribution in [-0.4, -0.2) is 15.8 Å². The monoisotopic (exact) mass is 532 g/mol. The first kappa shape index (κ1) is 25.5. The van der Waals surface area contributed by atoms with E-state index in [1.807, 2.05) is 0 Å². The number of hydrogen-bond donors (Lipinski definition) is 1. The summed E-state index contributed by atoms with van der Waals surface area (Å²) in [5.74, 6) is -1.31. The van der Waals surface area contributed by atoms with Gasteiger partial charge in [0, 0.05) is 27.4 Å². The summed E-state index contributed by atoms with van der Waals surface area (Å²) in [7, 11) is 0. The number of nitrogens with one attached hydrogen (secondary N) is 1. The van der Waals surface area contributed by atoms with Crippen LogP contribution >= 0.6 is 34.8 Å². The molecule has 0 spiro atoms. The Morgan fingerprint density at radius 3 is 2.37 bits per heavy atom. The highest BCUT2D eigenvalue weighted by molar-refractivity contribution is 6.36. The van der Waals surface area contributed by atoms with E-state index in [4.69, 9.17) is 39.5 Å². The van der Waals surface area contributed by atoms with Gasteiger partial charge in [0.15, 0.2) is 5.75 Å². The van der Waals surface area contributed by atoms with E-state index in [-0.39, 0.29) is 32.7 Å². The Bertz CT molecular complexity index is 1440. The molecular weight excluding hydrogens is 523 g/mol. The molecule has 3 aromatic rings. The first-order valence-corrected chi connectivity index (χ1v) is 10.5. The lowest BCUT2D eigenvalue weighted by Gasteiger charge is -2.12. The van der Waals surface area contributed by atoms with Crippen molar-refractivity contribution < 1.29 is 19.4 Å². The van der Waals surface area contributed by atoms with E-state index in [1.54, 1.807) is 24.3 Å². The van der Waals surface area contributed by atoms with Gasteiger partial charge in [0.1, 0.15) is 11.6 Å². The van der Waals surface area contributed by atoms with E-state index in [9.17, 15) is 30.3 Å². The minimum atomic E-state index is -0.860. The van der Waals surface area contributed by atoms with Crippen molar-refractivity contribution in [2.45, 2.75) is 0 Å². The first-order chi connectivity index (χ1) is 16.6. The second-order valence-corrected chi connectivity index (χ2v) is 7.99. The molecule has 1 amide bonds. The maximum Gasteiger partial charge on any atom is 0.318 e. The number of amides is 1. The lowest BCUT2D eigenvalue weighted by Crippen LogP contribution is -2.13. The molecule has 35 heavy (non-hydrogen) atoms. The molecule has 3 aromatic carbocycles. The van der Waals surface area contributed by atoms with Gasteiger partial charge in [0.25, 0.3) is 11.6 Å². The number of nitro groups is 2. The van der Waals surface area contributed by atoms with Gasteiger partial charge in [-0.3, -0.25) is 25.0 Å². The summed E-state index contributed by atoms with van der Waals surface area (Å²) in [6.07, 6.45) is 1.13. The molecule has 13 heteroatoms. The molecule has 0 bridgehead atoms. The van der Waals surface area contributed by atoms with Gasteiger partial charge in [0.2, 0.25) is 5.75 Å². The lowest BCUT2D eigenvalue weighted by atomic mass is 10.1. The summed E-state index contributed by atoms with van der Waals surface area (Å²) in [6, 6.07) is 13.4. The summed E-state index contributed by atoms with van der Waals surface area (Å²) in [6.45, 7) is 0. The van der Waals surface area contributed by atoms with Gasteiger partial charge < -0.3 is 10.1 Å². The minimum Gasteiger partial charge on any atom is -0.448 e. The third-order valence-corrected chi connectivity index (χ3v) is 5.08. The van der Waals surface area contributed by atoms with Crippen LogP contribution in [0.15, 0.2) is 60.2 Å². The van der Waals surface area contributed by atoms with Crippen LogP contribution in [-0.2, 0) is 4.79 Å². The predicted molar refractivity (Wildman–Crippen MR) is 130 cm³/mol. The number of rotatable bonds is 7. The van der Waals surface area contributed by atoms with E-state index < -0.39 is 27.1 Å². The molecule has 10 nitrogen and oxygen atoms in total. The van der Waals surface area contributed by atoms with Gasteiger partial charge in [-0.1, -0.05) is 40.9 Å². The van der Waals surface area contributed by atoms with Gasteiger partial charge in [-0.05, 0) is 42.5 Å². The summed E-state index contributed by atoms with van der Waals surface area (Å²) in [5.41, 5.74) is -1.19. The Morgan fingerprint density at radius 2 is 1.74 bits per heavy atom. The van der Waals surface area contributed by atoms with Crippen LogP contribution < -0.4 is 10.1 Å². The number of ether oxygens (including phenoxy) is 1. The zero-order valence-electron chi connectivity index (χ0n) is 17.2. The van der Waals surface area contributed by atoms with E-state index in [2.05, 4.69) is 5.32 Å². The van der Waals surface area contributed by atoms with Crippen molar-refractivity contribution in [3.8, 4) is 17.6 Å². The molecule has 1 N–H and O–H groups in total. The maximum absolute atomic E-state index is 12.6. The Morgan fingerprint density at radius 1 is 1.00 bits per heavy atom. The molecule has 3 rings (SSSR count). The summed E-state index contributed by atoms with van der Waals surface area (Å²) >= 11 is 18.2. The number of non-ortho nitro benzene ring substituents is 1. The largest absolute Gasteiger partial charge is 0.448 e. The van der Waals surface area contributed by atoms with Crippen molar-refractivity contribution in [2.75, 3.05) is 5.32 Å². The fourth-order valence-corrected chi connectivity index (χ4v) is 3.56. The SMILES string of the molecule is N#C/C(=C\c1cc(Cl)cc(Cl)c1Oc1ccc([N+](=O)[O-])cc1[N+](=O)[O-])C(=O)Nc1cccc(Cl)c1. The molecule has 0 radical (unpaired) electrons. The quantitative estimate of drug-likeness (QED) is 0.152. The van der Waals surface area contributed by atoms with Crippen LogP contribution in [0.3, 0.4) is 0 Å². The molecule has 0 aliphatic carbocycles. The molecule has 0 unspecified atom stereocenters. The average Bonchev–Trinajstić information content (AvgIpc) is 2.79. The predicted octanol–water partition coefficient (Wildman–Crippen LogP) is 6.80. The number of benzene rings is 3. The normalized spacial score (nSPS) is 10.9. The van der Waals surface area contributed by atoms with E-state index >= 15 is 0 Å². The first-order valence-electron chi connectivity index (χ1n) is 9.37. The summed E-state index contributed by atoms with van der Waals surface area (Å²) in [5, 5.41) is 34.9. The third kappa shape index (κ3) is 6.24. The summed E-state index contributed by atoms with van der Waals surface area (Å²) in [4.78, 5) is 33.4. The van der Waals surface area contributed by atoms with Crippen molar-refractivity contribution in [3.05, 3.63) is 101 Å². The van der Waals surface area contributed by atoms with E-state index in [0.29, 0.717) is 10.7 Å². The van der Waals surface area contributed by atoms with Crippen LogP contribution in [0.4, 0.5) is 17.1 Å². The number of nitro benzene ring substituents is 2. The van der Waals surface area contributed by atoms with Crippen molar-refractivity contribution in [2.24, 2.45) is 0 Å². The zero-order valence-corrected chi connectivity index (χ0v) is 19.5. The van der Waals surface area contributed by atoms with Crippen LogP contribution in [0.1, 0.15) is 5.56 Å². The highest BCUT2D eigenvalue weighted by Crippen LogP contribution is 2.41. The third-order valence-electron chi connectivity index (χ3n) is 4.35. The van der Waals surface area contributed by atoms with E-state index in [0.717, 1.165) is 24.3 Å². The van der Waals surface area contributed by atoms with Crippen LogP contribution in [0.25, 0.3) is 6.08 Å². The number of carbonyl (C=O) groups is 1. The van der Waals surface area contributed by atoms with E-state index in [1.165, 1.54) is 18.2 Å². The average molecular weight is 534 g/mol. The molecule has 0 saturated carbocycles. The van der Waals surface area contributed by atoms with Gasteiger partial charge in [0.05, 0.1) is 20.9 Å².